The molecule has 0 saturated carbocycles. The van der Waals surface area contributed by atoms with Gasteiger partial charge in [-0.25, -0.2) is 0 Å². The summed E-state index contributed by atoms with van der Waals surface area (Å²) in [5.74, 6) is -0.203. The molecule has 0 radical (unpaired) electrons. The number of aryl methyl sites for hydroxylation is 1. The van der Waals surface area contributed by atoms with Gasteiger partial charge in [0, 0.05) is 23.3 Å². The van der Waals surface area contributed by atoms with E-state index in [1.165, 1.54) is 0 Å². The van der Waals surface area contributed by atoms with Crippen LogP contribution in [0, 0.1) is 6.92 Å². The van der Waals surface area contributed by atoms with Gasteiger partial charge >= 0.3 is 0 Å². The monoisotopic (exact) mass is 328 g/mol. The Morgan fingerprint density at radius 2 is 2.13 bits per heavy atom. The zero-order valence-corrected chi connectivity index (χ0v) is 13.9. The van der Waals surface area contributed by atoms with E-state index in [1.54, 1.807) is 23.0 Å². The number of nitrogens with one attached hydrogen (secondary N) is 1. The fourth-order valence-electron chi connectivity index (χ4n) is 2.41. The van der Waals surface area contributed by atoms with Crippen molar-refractivity contribution in [1.82, 2.24) is 14.8 Å². The minimum Gasteiger partial charge on any atom is -0.319 e. The molecule has 5 nitrogen and oxygen atoms in total. The van der Waals surface area contributed by atoms with E-state index in [-0.39, 0.29) is 11.9 Å². The van der Waals surface area contributed by atoms with Crippen molar-refractivity contribution in [3.05, 3.63) is 52.9 Å². The standard InChI is InChI=1S/C17H17ClN4O/c1-10(2)22-9-12(8-19-22)21-17(23)14-7-11(3)20-16-13(14)5-4-6-15(16)18/h4-10H,1-3H3,(H,21,23). The molecule has 0 fully saturated rings. The molecule has 0 unspecified atom stereocenters. The Morgan fingerprint density at radius 1 is 1.35 bits per heavy atom. The van der Waals surface area contributed by atoms with Crippen molar-refractivity contribution in [3.63, 3.8) is 0 Å². The first kappa shape index (κ1) is 15.5. The molecule has 23 heavy (non-hydrogen) atoms. The minimum atomic E-state index is -0.203. The van der Waals surface area contributed by atoms with Gasteiger partial charge in [-0.05, 0) is 32.9 Å². The summed E-state index contributed by atoms with van der Waals surface area (Å²) in [6.45, 7) is 5.90. The maximum absolute atomic E-state index is 12.7. The van der Waals surface area contributed by atoms with Gasteiger partial charge in [0.05, 0.1) is 28.0 Å². The third-order valence-corrected chi connectivity index (χ3v) is 3.86. The molecule has 0 bridgehead atoms. The molecular formula is C17H17ClN4O. The summed E-state index contributed by atoms with van der Waals surface area (Å²) in [6, 6.07) is 7.43. The Bertz CT molecular complexity index is 885. The Morgan fingerprint density at radius 3 is 2.83 bits per heavy atom. The topological polar surface area (TPSA) is 59.8 Å². The minimum absolute atomic E-state index is 0.203. The van der Waals surface area contributed by atoms with Gasteiger partial charge in [0.15, 0.2) is 0 Å². The molecule has 1 amide bonds. The highest BCUT2D eigenvalue weighted by Crippen LogP contribution is 2.25. The second-order valence-corrected chi connectivity index (χ2v) is 6.11. The number of carbonyl (C=O) groups is 1. The van der Waals surface area contributed by atoms with E-state index < -0.39 is 0 Å². The summed E-state index contributed by atoms with van der Waals surface area (Å²) < 4.78 is 1.79. The summed E-state index contributed by atoms with van der Waals surface area (Å²) in [7, 11) is 0. The SMILES string of the molecule is Cc1cc(C(=O)Nc2cnn(C(C)C)c2)c2cccc(Cl)c2n1. The number of pyridine rings is 1. The summed E-state index contributed by atoms with van der Waals surface area (Å²) in [5, 5.41) is 8.37. The smallest absolute Gasteiger partial charge is 0.256 e. The number of hydrogen-bond acceptors (Lipinski definition) is 3. The lowest BCUT2D eigenvalue weighted by molar-refractivity contribution is 0.102. The number of halogens is 1. The third kappa shape index (κ3) is 3.05. The number of carbonyl (C=O) groups excluding carboxylic acids is 1. The average Bonchev–Trinajstić information content (AvgIpc) is 2.96. The quantitative estimate of drug-likeness (QED) is 0.782. The molecule has 3 aromatic rings. The Labute approximate surface area is 139 Å². The highest BCUT2D eigenvalue weighted by atomic mass is 35.5. The van der Waals surface area contributed by atoms with Crippen molar-refractivity contribution in [2.24, 2.45) is 0 Å². The number of para-hydroxylation sites is 1. The predicted octanol–water partition coefficient (Wildman–Crippen LogP) is 4.23. The summed E-state index contributed by atoms with van der Waals surface area (Å²) >= 11 is 6.20. The molecule has 1 aromatic carbocycles. The van der Waals surface area contributed by atoms with Crippen LogP contribution in [-0.4, -0.2) is 20.7 Å². The van der Waals surface area contributed by atoms with Crippen LogP contribution in [0.4, 0.5) is 5.69 Å². The number of rotatable bonds is 3. The molecule has 0 aliphatic rings. The molecule has 0 spiro atoms. The lowest BCUT2D eigenvalue weighted by atomic mass is 10.1. The van der Waals surface area contributed by atoms with E-state index in [0.29, 0.717) is 21.8 Å². The van der Waals surface area contributed by atoms with E-state index in [2.05, 4.69) is 15.4 Å². The van der Waals surface area contributed by atoms with E-state index in [4.69, 9.17) is 11.6 Å². The van der Waals surface area contributed by atoms with Crippen molar-refractivity contribution in [2.45, 2.75) is 26.8 Å². The molecule has 0 aliphatic heterocycles. The second-order valence-electron chi connectivity index (χ2n) is 5.70. The molecule has 1 N–H and O–H groups in total. The highest BCUT2D eigenvalue weighted by molar-refractivity contribution is 6.35. The first-order valence-corrected chi connectivity index (χ1v) is 7.75. The van der Waals surface area contributed by atoms with Gasteiger partial charge in [0.2, 0.25) is 0 Å². The fraction of sp³-hybridized carbons (Fsp3) is 0.235. The number of hydrogen-bond donors (Lipinski definition) is 1. The molecule has 3 rings (SSSR count). The van der Waals surface area contributed by atoms with Crippen LogP contribution < -0.4 is 5.32 Å². The van der Waals surface area contributed by atoms with Crippen molar-refractivity contribution >= 4 is 34.1 Å². The number of aromatic nitrogens is 3. The number of amides is 1. The fourth-order valence-corrected chi connectivity index (χ4v) is 2.63. The van der Waals surface area contributed by atoms with Gasteiger partial charge in [-0.2, -0.15) is 5.10 Å². The van der Waals surface area contributed by atoms with E-state index in [9.17, 15) is 4.79 Å². The van der Waals surface area contributed by atoms with Gasteiger partial charge in [0.1, 0.15) is 0 Å². The molecule has 2 aromatic heterocycles. The second kappa shape index (κ2) is 6.01. The lowest BCUT2D eigenvalue weighted by Crippen LogP contribution is -2.13. The molecular weight excluding hydrogens is 312 g/mol. The Balaban J connectivity index is 1.98. The van der Waals surface area contributed by atoms with Crippen molar-refractivity contribution in [1.29, 1.82) is 0 Å². The van der Waals surface area contributed by atoms with Gasteiger partial charge in [-0.15, -0.1) is 0 Å². The normalized spacial score (nSPS) is 11.2. The number of nitrogens with zero attached hydrogens (tertiary/aromatic N) is 3. The van der Waals surface area contributed by atoms with Crippen LogP contribution in [0.2, 0.25) is 5.02 Å². The van der Waals surface area contributed by atoms with Gasteiger partial charge < -0.3 is 5.32 Å². The Hall–Kier alpha value is -2.40. The van der Waals surface area contributed by atoms with Crippen LogP contribution in [0.25, 0.3) is 10.9 Å². The van der Waals surface area contributed by atoms with Gasteiger partial charge in [-0.3, -0.25) is 14.5 Å². The van der Waals surface area contributed by atoms with Crippen LogP contribution in [0.5, 0.6) is 0 Å². The van der Waals surface area contributed by atoms with E-state index in [1.807, 2.05) is 39.1 Å². The molecule has 0 aliphatic carbocycles. The van der Waals surface area contributed by atoms with Gasteiger partial charge in [0.25, 0.3) is 5.91 Å². The summed E-state index contributed by atoms with van der Waals surface area (Å²) in [4.78, 5) is 17.1. The number of fused-ring (bicyclic) bond motifs is 1. The van der Waals surface area contributed by atoms with Gasteiger partial charge in [-0.1, -0.05) is 23.7 Å². The Kier molecular flexibility index (Phi) is 4.05. The van der Waals surface area contributed by atoms with Crippen LogP contribution >= 0.6 is 11.6 Å². The number of anilines is 1. The van der Waals surface area contributed by atoms with Crippen LogP contribution in [0.15, 0.2) is 36.7 Å². The van der Waals surface area contributed by atoms with Crippen molar-refractivity contribution in [3.8, 4) is 0 Å². The zero-order chi connectivity index (χ0) is 16.6. The van der Waals surface area contributed by atoms with Crippen LogP contribution in [-0.2, 0) is 0 Å². The predicted molar refractivity (Wildman–Crippen MR) is 92.1 cm³/mol. The molecule has 0 saturated heterocycles. The number of benzene rings is 1. The first-order chi connectivity index (χ1) is 11.0. The average molecular weight is 329 g/mol. The van der Waals surface area contributed by atoms with E-state index >= 15 is 0 Å². The molecule has 2 heterocycles. The van der Waals surface area contributed by atoms with E-state index in [0.717, 1.165) is 11.1 Å². The maximum atomic E-state index is 12.7. The largest absolute Gasteiger partial charge is 0.319 e. The molecule has 0 atom stereocenters. The van der Waals surface area contributed by atoms with Crippen LogP contribution in [0.1, 0.15) is 35.9 Å². The maximum Gasteiger partial charge on any atom is 0.256 e. The third-order valence-electron chi connectivity index (χ3n) is 3.55. The molecule has 6 heteroatoms. The summed E-state index contributed by atoms with van der Waals surface area (Å²) in [6.07, 6.45) is 3.45. The zero-order valence-electron chi connectivity index (χ0n) is 13.2. The lowest BCUT2D eigenvalue weighted by Gasteiger charge is -2.09. The highest BCUT2D eigenvalue weighted by Gasteiger charge is 2.14. The van der Waals surface area contributed by atoms with Crippen molar-refractivity contribution < 1.29 is 4.79 Å². The molecule has 118 valence electrons. The van der Waals surface area contributed by atoms with Crippen molar-refractivity contribution in [2.75, 3.05) is 5.32 Å². The van der Waals surface area contributed by atoms with Crippen LogP contribution in [0.3, 0.4) is 0 Å². The summed E-state index contributed by atoms with van der Waals surface area (Å²) in [5.41, 5.74) is 2.59. The first-order valence-electron chi connectivity index (χ1n) is 7.37.